The normalized spacial score (nSPS) is 15.3. The van der Waals surface area contributed by atoms with Crippen molar-refractivity contribution in [1.82, 2.24) is 16.0 Å². The zero-order valence-corrected chi connectivity index (χ0v) is 22.9. The molecule has 3 aromatic rings. The molecule has 0 aromatic heterocycles. The summed E-state index contributed by atoms with van der Waals surface area (Å²) in [5, 5.41) is 7.44. The van der Waals surface area contributed by atoms with Crippen molar-refractivity contribution in [2.45, 2.75) is 38.7 Å². The number of carbonyl (C=O) groups is 4. The molecule has 11 heteroatoms. The Hall–Kier alpha value is -5.19. The molecule has 3 amide bonds. The fraction of sp³-hybridized carbons (Fsp3) is 0.258. The van der Waals surface area contributed by atoms with Gasteiger partial charge in [-0.25, -0.2) is 14.4 Å². The number of carbonyl (C=O) groups excluding carboxylic acids is 4. The van der Waals surface area contributed by atoms with Crippen molar-refractivity contribution < 1.29 is 33.4 Å². The lowest BCUT2D eigenvalue weighted by Crippen LogP contribution is -2.62. The van der Waals surface area contributed by atoms with Gasteiger partial charge in [0.25, 0.3) is 0 Å². The van der Waals surface area contributed by atoms with Crippen LogP contribution in [0.1, 0.15) is 29.5 Å². The number of nitrogens with zero attached hydrogens (tertiary/aromatic N) is 1. The number of guanidine groups is 1. The van der Waals surface area contributed by atoms with Crippen molar-refractivity contribution in [3.8, 4) is 0 Å². The van der Waals surface area contributed by atoms with E-state index in [0.717, 1.165) is 16.7 Å². The molecule has 218 valence electrons. The fourth-order valence-electron chi connectivity index (χ4n) is 4.08. The molecule has 1 saturated heterocycles. The largest absolute Gasteiger partial charge is 0.459 e. The van der Waals surface area contributed by atoms with Crippen LogP contribution in [0, 0.1) is 5.92 Å². The van der Waals surface area contributed by atoms with E-state index in [1.54, 1.807) is 0 Å². The number of β-lactam (4-membered cyclic amide) rings is 1. The van der Waals surface area contributed by atoms with E-state index in [-0.39, 0.29) is 38.2 Å². The molecule has 3 N–H and O–H groups in total. The Bertz CT molecular complexity index is 1310. The number of hydrogen-bond acceptors (Lipinski definition) is 8. The molecule has 1 heterocycles. The summed E-state index contributed by atoms with van der Waals surface area (Å²) in [6, 6.07) is 26.7. The number of ether oxygens (including phenoxy) is 3. The molecular formula is C31H32N4O7. The molecule has 42 heavy (non-hydrogen) atoms. The SMILES string of the molecule is O=C(NC(=NCCCC1C(=O)N[C@@H]1C(=O)OCc1ccccc1)NC(=O)OCc1ccccc1)OCc1ccccc1. The first-order valence-electron chi connectivity index (χ1n) is 13.5. The van der Waals surface area contributed by atoms with Gasteiger partial charge < -0.3 is 19.5 Å². The van der Waals surface area contributed by atoms with Crippen molar-refractivity contribution in [1.29, 1.82) is 0 Å². The van der Waals surface area contributed by atoms with Crippen molar-refractivity contribution in [3.63, 3.8) is 0 Å². The Morgan fingerprint density at radius 3 is 1.60 bits per heavy atom. The predicted octanol–water partition coefficient (Wildman–Crippen LogP) is 3.83. The summed E-state index contributed by atoms with van der Waals surface area (Å²) in [6.07, 6.45) is -0.892. The molecule has 1 unspecified atom stereocenters. The predicted molar refractivity (Wildman–Crippen MR) is 153 cm³/mol. The lowest BCUT2D eigenvalue weighted by Gasteiger charge is -2.34. The summed E-state index contributed by atoms with van der Waals surface area (Å²) < 4.78 is 15.8. The minimum atomic E-state index is -0.819. The summed E-state index contributed by atoms with van der Waals surface area (Å²) in [6.45, 7) is 0.307. The van der Waals surface area contributed by atoms with Gasteiger partial charge in [-0.05, 0) is 29.5 Å². The summed E-state index contributed by atoms with van der Waals surface area (Å²) in [4.78, 5) is 53.7. The first-order chi connectivity index (χ1) is 20.5. The number of esters is 1. The third-order valence-corrected chi connectivity index (χ3v) is 6.32. The highest BCUT2D eigenvalue weighted by Crippen LogP contribution is 2.22. The van der Waals surface area contributed by atoms with Gasteiger partial charge in [0, 0.05) is 6.54 Å². The Labute approximate surface area is 243 Å². The average molecular weight is 573 g/mol. The minimum absolute atomic E-state index is 0.0248. The molecule has 4 rings (SSSR count). The number of hydrogen-bond donors (Lipinski definition) is 3. The monoisotopic (exact) mass is 572 g/mol. The van der Waals surface area contributed by atoms with E-state index in [1.165, 1.54) is 0 Å². The van der Waals surface area contributed by atoms with Gasteiger partial charge in [-0.3, -0.25) is 20.4 Å². The maximum Gasteiger partial charge on any atom is 0.414 e. The second-order valence-electron chi connectivity index (χ2n) is 9.43. The quantitative estimate of drug-likeness (QED) is 0.0791. The summed E-state index contributed by atoms with van der Waals surface area (Å²) in [7, 11) is 0. The number of rotatable bonds is 11. The molecule has 0 saturated carbocycles. The third-order valence-electron chi connectivity index (χ3n) is 6.32. The number of aliphatic imine (C=N–C) groups is 1. The van der Waals surface area contributed by atoms with Crippen LogP contribution in [0.2, 0.25) is 0 Å². The maximum atomic E-state index is 12.5. The van der Waals surface area contributed by atoms with Crippen LogP contribution in [-0.4, -0.2) is 42.6 Å². The van der Waals surface area contributed by atoms with Gasteiger partial charge in [0.15, 0.2) is 0 Å². The van der Waals surface area contributed by atoms with Gasteiger partial charge in [0.05, 0.1) is 5.92 Å². The maximum absolute atomic E-state index is 12.5. The topological polar surface area (TPSA) is 144 Å². The second-order valence-corrected chi connectivity index (χ2v) is 9.43. The Morgan fingerprint density at radius 2 is 1.14 bits per heavy atom. The third kappa shape index (κ3) is 9.47. The van der Waals surface area contributed by atoms with Gasteiger partial charge in [-0.2, -0.15) is 0 Å². The molecular weight excluding hydrogens is 540 g/mol. The first-order valence-corrected chi connectivity index (χ1v) is 13.5. The van der Waals surface area contributed by atoms with Crippen LogP contribution in [-0.2, 0) is 43.6 Å². The van der Waals surface area contributed by atoms with Crippen LogP contribution in [0.3, 0.4) is 0 Å². The number of nitrogens with one attached hydrogen (secondary N) is 3. The minimum Gasteiger partial charge on any atom is -0.459 e. The first kappa shape index (κ1) is 29.8. The molecule has 11 nitrogen and oxygen atoms in total. The lowest BCUT2D eigenvalue weighted by atomic mass is 9.86. The number of amides is 3. The molecule has 1 aliphatic heterocycles. The molecule has 2 atom stereocenters. The van der Waals surface area contributed by atoms with Gasteiger partial charge in [-0.1, -0.05) is 91.0 Å². The van der Waals surface area contributed by atoms with Crippen LogP contribution >= 0.6 is 0 Å². The van der Waals surface area contributed by atoms with E-state index >= 15 is 0 Å². The molecule has 0 aliphatic carbocycles. The van der Waals surface area contributed by atoms with Crippen LogP contribution in [0.25, 0.3) is 0 Å². The van der Waals surface area contributed by atoms with Crippen LogP contribution in [0.15, 0.2) is 96.0 Å². The molecule has 0 bridgehead atoms. The summed E-state index contributed by atoms with van der Waals surface area (Å²) in [5.74, 6) is -1.47. The van der Waals surface area contributed by atoms with Gasteiger partial charge in [-0.15, -0.1) is 0 Å². The van der Waals surface area contributed by atoms with Gasteiger partial charge in [0.2, 0.25) is 11.9 Å². The van der Waals surface area contributed by atoms with Crippen molar-refractivity contribution in [2.75, 3.05) is 6.54 Å². The van der Waals surface area contributed by atoms with E-state index in [0.29, 0.717) is 12.8 Å². The highest BCUT2D eigenvalue weighted by molar-refractivity contribution is 6.01. The van der Waals surface area contributed by atoms with E-state index in [2.05, 4.69) is 20.9 Å². The van der Waals surface area contributed by atoms with E-state index in [4.69, 9.17) is 14.2 Å². The van der Waals surface area contributed by atoms with Crippen LogP contribution < -0.4 is 16.0 Å². The molecule has 3 aromatic carbocycles. The molecule has 0 radical (unpaired) electrons. The highest BCUT2D eigenvalue weighted by Gasteiger charge is 2.44. The molecule has 0 spiro atoms. The van der Waals surface area contributed by atoms with Crippen LogP contribution in [0.5, 0.6) is 0 Å². The molecule has 1 fully saturated rings. The summed E-state index contributed by atoms with van der Waals surface area (Å²) >= 11 is 0. The van der Waals surface area contributed by atoms with Gasteiger partial charge >= 0.3 is 18.2 Å². The van der Waals surface area contributed by atoms with E-state index in [1.807, 2.05) is 91.0 Å². The van der Waals surface area contributed by atoms with E-state index < -0.39 is 30.1 Å². The highest BCUT2D eigenvalue weighted by atomic mass is 16.6. The second kappa shape index (κ2) is 15.6. The van der Waals surface area contributed by atoms with Crippen molar-refractivity contribution >= 4 is 30.0 Å². The fourth-order valence-corrected chi connectivity index (χ4v) is 4.08. The van der Waals surface area contributed by atoms with Gasteiger partial charge in [0.1, 0.15) is 25.9 Å². The standard InChI is InChI=1S/C31H32N4O7/c36-27-25(26(33-27)28(37)40-19-22-11-4-1-5-12-22)17-10-18-32-29(34-30(38)41-20-23-13-6-2-7-14-23)35-31(39)42-21-24-15-8-3-9-16-24/h1-9,11-16,25-26H,10,17-21H2,(H,33,36)(H2,32,34,35,38,39)/t25?,26-/m0/s1. The average Bonchev–Trinajstić information content (AvgIpc) is 3.01. The zero-order valence-electron chi connectivity index (χ0n) is 22.9. The summed E-state index contributed by atoms with van der Waals surface area (Å²) in [5.41, 5.74) is 2.42. The van der Waals surface area contributed by atoms with Crippen molar-refractivity contribution in [3.05, 3.63) is 108 Å². The smallest absolute Gasteiger partial charge is 0.414 e. The zero-order chi connectivity index (χ0) is 29.6. The Morgan fingerprint density at radius 1 is 0.690 bits per heavy atom. The Balaban J connectivity index is 1.28. The number of alkyl carbamates (subject to hydrolysis) is 2. The van der Waals surface area contributed by atoms with E-state index in [9.17, 15) is 19.2 Å². The Kier molecular flexibility index (Phi) is 11.0. The van der Waals surface area contributed by atoms with Crippen molar-refractivity contribution in [2.24, 2.45) is 10.9 Å². The van der Waals surface area contributed by atoms with Crippen LogP contribution in [0.4, 0.5) is 9.59 Å². The molecule has 1 aliphatic rings. The lowest BCUT2D eigenvalue weighted by molar-refractivity contribution is -0.159. The number of benzene rings is 3.